The lowest BCUT2D eigenvalue weighted by atomic mass is 10.1. The van der Waals surface area contributed by atoms with E-state index in [0.717, 1.165) is 29.1 Å². The lowest BCUT2D eigenvalue weighted by molar-refractivity contribution is -0.137. The maximum absolute atomic E-state index is 12.9. The molecule has 2 heterocycles. The number of H-pyrrole nitrogens is 1. The molecule has 0 atom stereocenters. The van der Waals surface area contributed by atoms with Crippen molar-refractivity contribution < 1.29 is 13.2 Å². The number of anilines is 2. The molecule has 0 amide bonds. The number of aromatic amines is 1. The Bertz CT molecular complexity index is 1140. The largest absolute Gasteiger partial charge is 0.416 e. The molecule has 0 saturated carbocycles. The van der Waals surface area contributed by atoms with Crippen LogP contribution in [-0.4, -0.2) is 33.0 Å². The molecule has 3 N–H and O–H groups in total. The monoisotopic (exact) mass is 426 g/mol. The summed E-state index contributed by atoms with van der Waals surface area (Å²) < 4.78 is 38.7. The second-order valence-electron chi connectivity index (χ2n) is 7.04. The van der Waals surface area contributed by atoms with Crippen LogP contribution in [-0.2, 0) is 19.0 Å². The average molecular weight is 426 g/mol. The minimum Gasteiger partial charge on any atom is -0.369 e. The maximum atomic E-state index is 12.9. The fourth-order valence-corrected chi connectivity index (χ4v) is 3.25. The van der Waals surface area contributed by atoms with E-state index in [1.54, 1.807) is 18.6 Å². The molecule has 0 aliphatic carbocycles. The summed E-state index contributed by atoms with van der Waals surface area (Å²) in [6.45, 7) is 1.07. The van der Waals surface area contributed by atoms with Gasteiger partial charge in [0.2, 0.25) is 5.95 Å². The third kappa shape index (κ3) is 5.30. The van der Waals surface area contributed by atoms with Gasteiger partial charge in [0.05, 0.1) is 17.4 Å². The van der Waals surface area contributed by atoms with Crippen molar-refractivity contribution in [1.82, 2.24) is 19.9 Å². The molecule has 2 aromatic heterocycles. The van der Waals surface area contributed by atoms with Crippen molar-refractivity contribution in [3.63, 3.8) is 0 Å². The van der Waals surface area contributed by atoms with Crippen molar-refractivity contribution in [3.05, 3.63) is 77.9 Å². The Hall–Kier alpha value is -3.62. The van der Waals surface area contributed by atoms with Gasteiger partial charge in [-0.15, -0.1) is 0 Å². The molecule has 0 fully saturated rings. The number of fused-ring (bicyclic) bond motifs is 1. The first-order valence-corrected chi connectivity index (χ1v) is 9.87. The minimum absolute atomic E-state index is 0.410. The van der Waals surface area contributed by atoms with E-state index in [2.05, 4.69) is 30.6 Å². The Morgan fingerprint density at radius 1 is 0.903 bits per heavy atom. The zero-order valence-electron chi connectivity index (χ0n) is 16.6. The van der Waals surface area contributed by atoms with Gasteiger partial charge in [-0.05, 0) is 30.2 Å². The Morgan fingerprint density at radius 2 is 1.74 bits per heavy atom. The summed E-state index contributed by atoms with van der Waals surface area (Å²) in [5, 5.41) is 7.36. The highest BCUT2D eigenvalue weighted by atomic mass is 19.4. The van der Waals surface area contributed by atoms with Gasteiger partial charge in [0.25, 0.3) is 0 Å². The van der Waals surface area contributed by atoms with Crippen LogP contribution in [0, 0.1) is 0 Å². The molecule has 0 aliphatic heterocycles. The normalized spacial score (nSPS) is 11.6. The van der Waals surface area contributed by atoms with Crippen molar-refractivity contribution in [3.8, 4) is 0 Å². The predicted octanol–water partition coefficient (Wildman–Crippen LogP) is 4.68. The van der Waals surface area contributed by atoms with Gasteiger partial charge < -0.3 is 15.6 Å². The summed E-state index contributed by atoms with van der Waals surface area (Å²) in [6, 6.07) is 13.0. The van der Waals surface area contributed by atoms with E-state index in [0.29, 0.717) is 36.8 Å². The van der Waals surface area contributed by atoms with E-state index >= 15 is 0 Å². The van der Waals surface area contributed by atoms with E-state index in [1.165, 1.54) is 12.1 Å². The van der Waals surface area contributed by atoms with Crippen LogP contribution in [0.4, 0.5) is 24.9 Å². The molecule has 160 valence electrons. The number of halogens is 3. The minimum atomic E-state index is -4.35. The molecule has 0 radical (unpaired) electrons. The number of hydrogen-bond acceptors (Lipinski definition) is 5. The number of imidazole rings is 1. The number of aromatic nitrogens is 4. The molecule has 0 bridgehead atoms. The van der Waals surface area contributed by atoms with Gasteiger partial charge in [-0.25, -0.2) is 9.97 Å². The fourth-order valence-electron chi connectivity index (χ4n) is 3.25. The zero-order valence-corrected chi connectivity index (χ0v) is 16.6. The van der Waals surface area contributed by atoms with Crippen molar-refractivity contribution in [2.45, 2.75) is 19.0 Å². The number of para-hydroxylation sites is 1. The second-order valence-corrected chi connectivity index (χ2v) is 7.04. The van der Waals surface area contributed by atoms with E-state index in [1.807, 2.05) is 24.3 Å². The zero-order chi connectivity index (χ0) is 21.7. The van der Waals surface area contributed by atoms with Crippen LogP contribution in [0.25, 0.3) is 10.9 Å². The lowest BCUT2D eigenvalue weighted by Gasteiger charge is -2.12. The third-order valence-electron chi connectivity index (χ3n) is 4.80. The molecule has 6 nitrogen and oxygen atoms in total. The topological polar surface area (TPSA) is 78.5 Å². The number of rotatable bonds is 8. The summed E-state index contributed by atoms with van der Waals surface area (Å²) in [5.41, 5.74) is 1.75. The number of alkyl halides is 3. The molecule has 4 aromatic rings. The summed E-state index contributed by atoms with van der Waals surface area (Å²) in [4.78, 5) is 16.2. The van der Waals surface area contributed by atoms with E-state index in [9.17, 15) is 13.2 Å². The quantitative estimate of drug-likeness (QED) is 0.381. The first-order valence-electron chi connectivity index (χ1n) is 9.87. The molecule has 31 heavy (non-hydrogen) atoms. The van der Waals surface area contributed by atoms with Gasteiger partial charge >= 0.3 is 6.18 Å². The molecule has 0 spiro atoms. The van der Waals surface area contributed by atoms with E-state index in [4.69, 9.17) is 0 Å². The highest BCUT2D eigenvalue weighted by Gasteiger charge is 2.30. The van der Waals surface area contributed by atoms with Crippen LogP contribution in [0.1, 0.15) is 16.8 Å². The number of benzene rings is 2. The van der Waals surface area contributed by atoms with Gasteiger partial charge in [0.1, 0.15) is 5.82 Å². The second kappa shape index (κ2) is 9.03. The van der Waals surface area contributed by atoms with Gasteiger partial charge in [-0.1, -0.05) is 30.3 Å². The highest BCUT2D eigenvalue weighted by Crippen LogP contribution is 2.29. The summed E-state index contributed by atoms with van der Waals surface area (Å²) in [5.74, 6) is 1.13. The van der Waals surface area contributed by atoms with Crippen molar-refractivity contribution in [2.24, 2.45) is 0 Å². The Kier molecular flexibility index (Phi) is 6.01. The number of nitrogens with one attached hydrogen (secondary N) is 3. The molecule has 2 aromatic carbocycles. The van der Waals surface area contributed by atoms with Gasteiger partial charge in [0, 0.05) is 36.8 Å². The molecular weight excluding hydrogens is 405 g/mol. The molecule has 4 rings (SSSR count). The Labute approximate surface area is 177 Å². The van der Waals surface area contributed by atoms with E-state index in [-0.39, 0.29) is 0 Å². The predicted molar refractivity (Wildman–Crippen MR) is 114 cm³/mol. The summed E-state index contributed by atoms with van der Waals surface area (Å²) in [7, 11) is 0. The molecule has 0 saturated heterocycles. The SMILES string of the molecule is FC(F)(F)c1cccc(CCNc2nc(NCCc3cnc[nH]3)c3ccccc3n2)c1. The van der Waals surface area contributed by atoms with Crippen LogP contribution in [0.15, 0.2) is 61.1 Å². The molecule has 0 unspecified atom stereocenters. The van der Waals surface area contributed by atoms with Crippen LogP contribution in [0.2, 0.25) is 0 Å². The lowest BCUT2D eigenvalue weighted by Crippen LogP contribution is -2.12. The molecule has 0 aliphatic rings. The first-order chi connectivity index (χ1) is 15.0. The van der Waals surface area contributed by atoms with Crippen LogP contribution in [0.3, 0.4) is 0 Å². The smallest absolute Gasteiger partial charge is 0.369 e. The fraction of sp³-hybridized carbons (Fsp3) is 0.227. The first kappa shape index (κ1) is 20.6. The third-order valence-corrected chi connectivity index (χ3v) is 4.80. The van der Waals surface area contributed by atoms with Crippen LogP contribution >= 0.6 is 0 Å². The van der Waals surface area contributed by atoms with Crippen molar-refractivity contribution in [1.29, 1.82) is 0 Å². The van der Waals surface area contributed by atoms with Crippen LogP contribution in [0.5, 0.6) is 0 Å². The maximum Gasteiger partial charge on any atom is 0.416 e. The number of nitrogens with zero attached hydrogens (tertiary/aromatic N) is 3. The molecule has 9 heteroatoms. The van der Waals surface area contributed by atoms with E-state index < -0.39 is 11.7 Å². The average Bonchev–Trinajstić information content (AvgIpc) is 3.27. The van der Waals surface area contributed by atoms with Gasteiger partial charge in [-0.2, -0.15) is 18.2 Å². The standard InChI is InChI=1S/C22H21F3N6/c23-22(24,25)16-5-3-4-15(12-16)8-10-28-21-30-19-7-2-1-6-18(19)20(31-21)27-11-9-17-13-26-14-29-17/h1-7,12-14H,8-11H2,(H,26,29)(H2,27,28,30,31). The van der Waals surface area contributed by atoms with Crippen molar-refractivity contribution in [2.75, 3.05) is 23.7 Å². The van der Waals surface area contributed by atoms with Crippen molar-refractivity contribution >= 4 is 22.7 Å². The Morgan fingerprint density at radius 3 is 2.55 bits per heavy atom. The molecular formula is C22H21F3N6. The van der Waals surface area contributed by atoms with Gasteiger partial charge in [-0.3, -0.25) is 0 Å². The highest BCUT2D eigenvalue weighted by molar-refractivity contribution is 5.90. The van der Waals surface area contributed by atoms with Crippen LogP contribution < -0.4 is 10.6 Å². The summed E-state index contributed by atoms with van der Waals surface area (Å²) >= 11 is 0. The summed E-state index contributed by atoms with van der Waals surface area (Å²) in [6.07, 6.45) is 0.253. The van der Waals surface area contributed by atoms with Gasteiger partial charge in [0.15, 0.2) is 0 Å². The Balaban J connectivity index is 1.44. The number of hydrogen-bond donors (Lipinski definition) is 3.